The number of hydrogen-bond donors (Lipinski definition) is 2. The van der Waals surface area contributed by atoms with E-state index in [4.69, 9.17) is 15.6 Å². The highest BCUT2D eigenvalue weighted by atomic mass is 16.5. The molecule has 2 atom stereocenters. The Morgan fingerprint density at radius 1 is 1.32 bits per heavy atom. The molecule has 0 aliphatic heterocycles. The van der Waals surface area contributed by atoms with Gasteiger partial charge in [-0.15, -0.1) is 0 Å². The Morgan fingerprint density at radius 3 is 2.21 bits per heavy atom. The molecule has 0 aliphatic carbocycles. The van der Waals surface area contributed by atoms with Gasteiger partial charge in [0.15, 0.2) is 0 Å². The highest BCUT2D eigenvalue weighted by Crippen LogP contribution is 2.16. The summed E-state index contributed by atoms with van der Waals surface area (Å²) in [4.78, 5) is 22.5. The predicted molar refractivity (Wildman–Crippen MR) is 73.5 cm³/mol. The minimum absolute atomic E-state index is 0.0513. The van der Waals surface area contributed by atoms with Gasteiger partial charge in [-0.1, -0.05) is 40.7 Å². The number of carbonyl (C=O) groups is 2. The minimum atomic E-state index is -1.02. The Hall–Kier alpha value is -1.36. The smallest absolute Gasteiger partial charge is 0.323 e. The van der Waals surface area contributed by atoms with Crippen LogP contribution >= 0.6 is 0 Å². The van der Waals surface area contributed by atoms with Gasteiger partial charge in [0.05, 0.1) is 6.42 Å². The summed E-state index contributed by atoms with van der Waals surface area (Å²) in [7, 11) is 0. The third-order valence-electron chi connectivity index (χ3n) is 2.44. The van der Waals surface area contributed by atoms with Crippen molar-refractivity contribution in [3.05, 3.63) is 12.2 Å². The van der Waals surface area contributed by atoms with Crippen LogP contribution in [0.2, 0.25) is 0 Å². The number of aliphatic carboxylic acids is 1. The van der Waals surface area contributed by atoms with E-state index in [-0.39, 0.29) is 17.8 Å². The fraction of sp³-hybridized carbons (Fsp3) is 0.714. The van der Waals surface area contributed by atoms with Crippen molar-refractivity contribution in [3.8, 4) is 0 Å². The zero-order chi connectivity index (χ0) is 15.2. The third kappa shape index (κ3) is 8.37. The second-order valence-corrected chi connectivity index (χ2v) is 6.07. The van der Waals surface area contributed by atoms with E-state index in [9.17, 15) is 9.59 Å². The molecular formula is C14H25NO4. The number of allylic oxidation sites excluding steroid dienone is 1. The second-order valence-electron chi connectivity index (χ2n) is 6.07. The van der Waals surface area contributed by atoms with Crippen molar-refractivity contribution in [1.29, 1.82) is 0 Å². The lowest BCUT2D eigenvalue weighted by atomic mass is 9.95. The van der Waals surface area contributed by atoms with Crippen LogP contribution in [0, 0.1) is 11.3 Å². The number of nitrogens with two attached hydrogens (primary N) is 1. The molecular weight excluding hydrogens is 246 g/mol. The van der Waals surface area contributed by atoms with Gasteiger partial charge in [-0.05, 0) is 17.4 Å². The van der Waals surface area contributed by atoms with Gasteiger partial charge >= 0.3 is 11.9 Å². The predicted octanol–water partition coefficient (Wildman–Crippen LogP) is 1.96. The normalized spacial score (nSPS) is 15.5. The van der Waals surface area contributed by atoms with E-state index in [1.54, 1.807) is 6.08 Å². The molecule has 0 saturated heterocycles. The van der Waals surface area contributed by atoms with Gasteiger partial charge in [0.25, 0.3) is 0 Å². The monoisotopic (exact) mass is 271 g/mol. The van der Waals surface area contributed by atoms with Crippen molar-refractivity contribution in [3.63, 3.8) is 0 Å². The molecule has 0 spiro atoms. The van der Waals surface area contributed by atoms with Crippen LogP contribution in [0.1, 0.15) is 41.0 Å². The first-order valence-corrected chi connectivity index (χ1v) is 6.40. The Kier molecular flexibility index (Phi) is 6.76. The third-order valence-corrected chi connectivity index (χ3v) is 2.44. The zero-order valence-corrected chi connectivity index (χ0v) is 12.3. The molecule has 0 heterocycles. The summed E-state index contributed by atoms with van der Waals surface area (Å²) in [6.07, 6.45) is 2.39. The molecule has 0 aromatic rings. The van der Waals surface area contributed by atoms with E-state index in [1.165, 1.54) is 0 Å². The molecule has 1 unspecified atom stereocenters. The molecule has 0 aromatic heterocycles. The highest BCUT2D eigenvalue weighted by molar-refractivity contribution is 5.76. The number of ether oxygens (including phenoxy) is 1. The average Bonchev–Trinajstić information content (AvgIpc) is 2.22. The standard InChI is InChI=1S/C14H25NO4/c1-9(2)12(15)13(18)19-10(8-11(16)17)6-7-14(3,4)5/h6-7,9-10,12H,8,15H2,1-5H3,(H,16,17)/t10?,12-/m0/s1. The molecule has 0 amide bonds. The molecule has 0 bridgehead atoms. The van der Waals surface area contributed by atoms with Gasteiger partial charge in [-0.3, -0.25) is 9.59 Å². The maximum absolute atomic E-state index is 11.7. The van der Waals surface area contributed by atoms with Gasteiger partial charge in [0, 0.05) is 0 Å². The minimum Gasteiger partial charge on any atom is -0.481 e. The van der Waals surface area contributed by atoms with Crippen LogP contribution < -0.4 is 5.73 Å². The molecule has 0 radical (unpaired) electrons. The van der Waals surface area contributed by atoms with Crippen molar-refractivity contribution in [2.45, 2.75) is 53.2 Å². The maximum Gasteiger partial charge on any atom is 0.323 e. The summed E-state index contributed by atoms with van der Waals surface area (Å²) in [5.74, 6) is -1.64. The van der Waals surface area contributed by atoms with Crippen LogP contribution in [-0.2, 0) is 14.3 Å². The molecule has 110 valence electrons. The van der Waals surface area contributed by atoms with Gasteiger partial charge < -0.3 is 15.6 Å². The van der Waals surface area contributed by atoms with Gasteiger partial charge in [0.2, 0.25) is 0 Å². The van der Waals surface area contributed by atoms with Crippen molar-refractivity contribution in [1.82, 2.24) is 0 Å². The summed E-state index contributed by atoms with van der Waals surface area (Å²) in [6.45, 7) is 9.54. The number of rotatable bonds is 6. The van der Waals surface area contributed by atoms with E-state index >= 15 is 0 Å². The van der Waals surface area contributed by atoms with Crippen molar-refractivity contribution in [2.75, 3.05) is 0 Å². The zero-order valence-electron chi connectivity index (χ0n) is 12.3. The SMILES string of the molecule is CC(C)[C@H](N)C(=O)OC(C=CC(C)(C)C)CC(=O)O. The largest absolute Gasteiger partial charge is 0.481 e. The van der Waals surface area contributed by atoms with Gasteiger partial charge in [0.1, 0.15) is 12.1 Å². The molecule has 0 rings (SSSR count). The van der Waals surface area contributed by atoms with Crippen molar-refractivity contribution in [2.24, 2.45) is 17.1 Å². The lowest BCUT2D eigenvalue weighted by molar-refractivity contribution is -0.152. The van der Waals surface area contributed by atoms with Crippen molar-refractivity contribution >= 4 is 11.9 Å². The molecule has 0 saturated carbocycles. The first-order chi connectivity index (χ1) is 8.53. The number of carbonyl (C=O) groups excluding carboxylic acids is 1. The number of hydrogen-bond acceptors (Lipinski definition) is 4. The van der Waals surface area contributed by atoms with E-state index in [0.29, 0.717) is 0 Å². The van der Waals surface area contributed by atoms with E-state index < -0.39 is 24.1 Å². The quantitative estimate of drug-likeness (QED) is 0.569. The first-order valence-electron chi connectivity index (χ1n) is 6.40. The molecule has 19 heavy (non-hydrogen) atoms. The molecule has 3 N–H and O–H groups in total. The summed E-state index contributed by atoms with van der Waals surface area (Å²) in [5, 5.41) is 8.82. The summed E-state index contributed by atoms with van der Waals surface area (Å²) >= 11 is 0. The molecule has 5 nitrogen and oxygen atoms in total. The Bertz CT molecular complexity index is 342. The first kappa shape index (κ1) is 17.6. The van der Waals surface area contributed by atoms with Crippen molar-refractivity contribution < 1.29 is 19.4 Å². The van der Waals surface area contributed by atoms with E-state index in [1.807, 2.05) is 40.7 Å². The Balaban J connectivity index is 4.74. The van der Waals surface area contributed by atoms with Crippen LogP contribution in [0.3, 0.4) is 0 Å². The van der Waals surface area contributed by atoms with Gasteiger partial charge in [-0.2, -0.15) is 0 Å². The fourth-order valence-electron chi connectivity index (χ4n) is 1.22. The fourth-order valence-corrected chi connectivity index (χ4v) is 1.22. The number of esters is 1. The topological polar surface area (TPSA) is 89.6 Å². The highest BCUT2D eigenvalue weighted by Gasteiger charge is 2.23. The lowest BCUT2D eigenvalue weighted by Gasteiger charge is -2.20. The van der Waals surface area contributed by atoms with Gasteiger partial charge in [-0.25, -0.2) is 0 Å². The van der Waals surface area contributed by atoms with Crippen LogP contribution in [0.5, 0.6) is 0 Å². The second kappa shape index (κ2) is 7.28. The van der Waals surface area contributed by atoms with Crippen LogP contribution in [0.15, 0.2) is 12.2 Å². The number of carboxylic acid groups (broad SMARTS) is 1. The number of carboxylic acids is 1. The summed E-state index contributed by atoms with van der Waals surface area (Å²) in [6, 6.07) is -0.737. The summed E-state index contributed by atoms with van der Waals surface area (Å²) < 4.78 is 5.15. The van der Waals surface area contributed by atoms with E-state index in [2.05, 4.69) is 0 Å². The molecule has 5 heteroatoms. The lowest BCUT2D eigenvalue weighted by Crippen LogP contribution is -2.39. The molecule has 0 aliphatic rings. The Labute approximate surface area is 114 Å². The maximum atomic E-state index is 11.7. The Morgan fingerprint density at radius 2 is 1.84 bits per heavy atom. The van der Waals surface area contributed by atoms with Crippen LogP contribution in [0.25, 0.3) is 0 Å². The summed E-state index contributed by atoms with van der Waals surface area (Å²) in [5.41, 5.74) is 5.57. The molecule has 0 fully saturated rings. The average molecular weight is 271 g/mol. The molecule has 0 aromatic carbocycles. The van der Waals surface area contributed by atoms with E-state index in [0.717, 1.165) is 0 Å². The van der Waals surface area contributed by atoms with Crippen LogP contribution in [-0.4, -0.2) is 29.2 Å². The van der Waals surface area contributed by atoms with Crippen LogP contribution in [0.4, 0.5) is 0 Å².